The Bertz CT molecular complexity index is 411. The summed E-state index contributed by atoms with van der Waals surface area (Å²) in [6, 6.07) is 3.78. The summed E-state index contributed by atoms with van der Waals surface area (Å²) in [7, 11) is 0. The molecule has 2 atom stereocenters. The maximum Gasteiger partial charge on any atom is 0.165 e. The second-order valence-corrected chi connectivity index (χ2v) is 5.35. The fourth-order valence-electron chi connectivity index (χ4n) is 2.63. The van der Waals surface area contributed by atoms with E-state index in [9.17, 15) is 8.78 Å². The highest BCUT2D eigenvalue weighted by Gasteiger charge is 2.17. The van der Waals surface area contributed by atoms with Crippen LogP contribution in [0.5, 0.6) is 5.75 Å². The average molecular weight is 269 g/mol. The number of nitrogens with one attached hydrogen (secondary N) is 1. The van der Waals surface area contributed by atoms with Crippen LogP contribution in [-0.2, 0) is 0 Å². The van der Waals surface area contributed by atoms with Crippen LogP contribution in [0.2, 0.25) is 0 Å². The summed E-state index contributed by atoms with van der Waals surface area (Å²) < 4.78 is 31.5. The minimum Gasteiger partial charge on any atom is -0.489 e. The Labute approximate surface area is 113 Å². The normalized spacial score (nSPS) is 23.3. The molecule has 2 unspecified atom stereocenters. The molecule has 19 heavy (non-hydrogen) atoms. The van der Waals surface area contributed by atoms with Crippen LogP contribution in [0, 0.1) is 17.6 Å². The van der Waals surface area contributed by atoms with Gasteiger partial charge in [0.25, 0.3) is 0 Å². The molecule has 1 aromatic rings. The van der Waals surface area contributed by atoms with Crippen LogP contribution in [-0.4, -0.2) is 19.2 Å². The summed E-state index contributed by atoms with van der Waals surface area (Å²) in [5, 5.41) is 3.42. The van der Waals surface area contributed by atoms with Gasteiger partial charge < -0.3 is 10.1 Å². The van der Waals surface area contributed by atoms with Crippen molar-refractivity contribution in [3.05, 3.63) is 29.8 Å². The highest BCUT2D eigenvalue weighted by atomic mass is 19.1. The van der Waals surface area contributed by atoms with Crippen molar-refractivity contribution in [3.8, 4) is 5.75 Å². The van der Waals surface area contributed by atoms with Crippen molar-refractivity contribution in [1.29, 1.82) is 0 Å². The quantitative estimate of drug-likeness (QED) is 0.826. The SMILES string of the molecule is CC1CCCC(NCCOc2cc(F)ccc2F)C1. The molecule has 0 spiro atoms. The molecule has 0 radical (unpaired) electrons. The van der Waals surface area contributed by atoms with Gasteiger partial charge in [0.1, 0.15) is 12.4 Å². The van der Waals surface area contributed by atoms with E-state index in [0.717, 1.165) is 24.1 Å². The number of halogens is 2. The Balaban J connectivity index is 1.70. The van der Waals surface area contributed by atoms with Crippen LogP contribution in [0.3, 0.4) is 0 Å². The third kappa shape index (κ3) is 4.46. The molecule has 1 saturated carbocycles. The molecule has 1 aliphatic carbocycles. The third-order valence-electron chi connectivity index (χ3n) is 3.62. The van der Waals surface area contributed by atoms with E-state index in [1.54, 1.807) is 0 Å². The Morgan fingerprint density at radius 1 is 1.32 bits per heavy atom. The maximum absolute atomic E-state index is 13.3. The molecule has 0 aromatic heterocycles. The summed E-state index contributed by atoms with van der Waals surface area (Å²) in [5.74, 6) is -0.246. The van der Waals surface area contributed by atoms with E-state index >= 15 is 0 Å². The monoisotopic (exact) mass is 269 g/mol. The Kier molecular flexibility index (Phi) is 5.14. The first-order chi connectivity index (χ1) is 9.15. The van der Waals surface area contributed by atoms with Crippen molar-refractivity contribution in [2.75, 3.05) is 13.2 Å². The lowest BCUT2D eigenvalue weighted by atomic mass is 9.87. The Hall–Kier alpha value is -1.16. The molecule has 0 saturated heterocycles. The molecule has 106 valence electrons. The molecule has 0 aliphatic heterocycles. The van der Waals surface area contributed by atoms with E-state index < -0.39 is 11.6 Å². The van der Waals surface area contributed by atoms with Crippen LogP contribution in [0.4, 0.5) is 8.78 Å². The van der Waals surface area contributed by atoms with Gasteiger partial charge in [-0.15, -0.1) is 0 Å². The standard InChI is InChI=1S/C15H21F2NO/c1-11-3-2-4-13(9-11)18-7-8-19-15-10-12(16)5-6-14(15)17/h5-6,10-11,13,18H,2-4,7-9H2,1H3. The zero-order valence-electron chi connectivity index (χ0n) is 11.3. The molecule has 2 nitrogen and oxygen atoms in total. The van der Waals surface area contributed by atoms with Gasteiger partial charge in [0, 0.05) is 18.7 Å². The van der Waals surface area contributed by atoms with Gasteiger partial charge in [-0.3, -0.25) is 0 Å². The van der Waals surface area contributed by atoms with Crippen LogP contribution in [0.15, 0.2) is 18.2 Å². The summed E-state index contributed by atoms with van der Waals surface area (Å²) >= 11 is 0. The van der Waals surface area contributed by atoms with Crippen molar-refractivity contribution >= 4 is 0 Å². The lowest BCUT2D eigenvalue weighted by molar-refractivity contribution is 0.260. The Morgan fingerprint density at radius 3 is 2.95 bits per heavy atom. The van der Waals surface area contributed by atoms with Crippen LogP contribution in [0.1, 0.15) is 32.6 Å². The topological polar surface area (TPSA) is 21.3 Å². The van der Waals surface area contributed by atoms with E-state index in [4.69, 9.17) is 4.74 Å². The zero-order chi connectivity index (χ0) is 13.7. The molecule has 0 amide bonds. The third-order valence-corrected chi connectivity index (χ3v) is 3.62. The summed E-state index contributed by atoms with van der Waals surface area (Å²) in [5.41, 5.74) is 0. The fourth-order valence-corrected chi connectivity index (χ4v) is 2.63. The largest absolute Gasteiger partial charge is 0.489 e. The molecule has 1 fully saturated rings. The van der Waals surface area contributed by atoms with E-state index in [1.165, 1.54) is 25.7 Å². The second-order valence-electron chi connectivity index (χ2n) is 5.35. The van der Waals surface area contributed by atoms with Gasteiger partial charge in [0.05, 0.1) is 0 Å². The number of ether oxygens (including phenoxy) is 1. The molecule has 2 rings (SSSR count). The smallest absolute Gasteiger partial charge is 0.165 e. The zero-order valence-corrected chi connectivity index (χ0v) is 11.3. The average Bonchev–Trinajstić information content (AvgIpc) is 2.39. The van der Waals surface area contributed by atoms with Gasteiger partial charge in [0.15, 0.2) is 11.6 Å². The predicted octanol–water partition coefficient (Wildman–Crippen LogP) is 3.51. The second kappa shape index (κ2) is 6.85. The van der Waals surface area contributed by atoms with Crippen LogP contribution < -0.4 is 10.1 Å². The highest BCUT2D eigenvalue weighted by Crippen LogP contribution is 2.23. The lowest BCUT2D eigenvalue weighted by Gasteiger charge is -2.27. The van der Waals surface area contributed by atoms with Crippen LogP contribution in [0.25, 0.3) is 0 Å². The van der Waals surface area contributed by atoms with Gasteiger partial charge in [-0.25, -0.2) is 8.78 Å². The number of hydrogen-bond acceptors (Lipinski definition) is 2. The number of hydrogen-bond donors (Lipinski definition) is 1. The molecule has 1 N–H and O–H groups in total. The minimum absolute atomic E-state index is 0.0150. The van der Waals surface area contributed by atoms with Gasteiger partial charge >= 0.3 is 0 Å². The molecule has 1 aromatic carbocycles. The lowest BCUT2D eigenvalue weighted by Crippen LogP contribution is -2.36. The molecule has 0 bridgehead atoms. The van der Waals surface area contributed by atoms with E-state index in [1.807, 2.05) is 0 Å². The van der Waals surface area contributed by atoms with E-state index in [-0.39, 0.29) is 5.75 Å². The highest BCUT2D eigenvalue weighted by molar-refractivity contribution is 5.24. The number of benzene rings is 1. The maximum atomic E-state index is 13.3. The summed E-state index contributed by atoms with van der Waals surface area (Å²) in [6.07, 6.45) is 4.95. The fraction of sp³-hybridized carbons (Fsp3) is 0.600. The molecule has 0 heterocycles. The van der Waals surface area contributed by atoms with Gasteiger partial charge in [-0.2, -0.15) is 0 Å². The van der Waals surface area contributed by atoms with Gasteiger partial charge in [0.2, 0.25) is 0 Å². The van der Waals surface area contributed by atoms with Gasteiger partial charge in [-0.1, -0.05) is 19.8 Å². The molecular formula is C15H21F2NO. The predicted molar refractivity (Wildman–Crippen MR) is 71.3 cm³/mol. The molecular weight excluding hydrogens is 248 g/mol. The van der Waals surface area contributed by atoms with Crippen molar-refractivity contribution in [2.45, 2.75) is 38.6 Å². The van der Waals surface area contributed by atoms with Crippen molar-refractivity contribution < 1.29 is 13.5 Å². The summed E-state index contributed by atoms with van der Waals surface area (Å²) in [4.78, 5) is 0. The van der Waals surface area contributed by atoms with Crippen molar-refractivity contribution in [3.63, 3.8) is 0 Å². The first-order valence-corrected chi connectivity index (χ1v) is 6.96. The molecule has 1 aliphatic rings. The first kappa shape index (κ1) is 14.3. The first-order valence-electron chi connectivity index (χ1n) is 6.96. The number of rotatable bonds is 5. The Morgan fingerprint density at radius 2 is 2.16 bits per heavy atom. The minimum atomic E-state index is -0.521. The molecule has 4 heteroatoms. The summed E-state index contributed by atoms with van der Waals surface area (Å²) in [6.45, 7) is 3.28. The van der Waals surface area contributed by atoms with Crippen molar-refractivity contribution in [2.24, 2.45) is 5.92 Å². The van der Waals surface area contributed by atoms with Crippen molar-refractivity contribution in [1.82, 2.24) is 5.32 Å². The van der Waals surface area contributed by atoms with Crippen LogP contribution >= 0.6 is 0 Å². The van der Waals surface area contributed by atoms with E-state index in [2.05, 4.69) is 12.2 Å². The van der Waals surface area contributed by atoms with E-state index in [0.29, 0.717) is 19.2 Å². The van der Waals surface area contributed by atoms with Gasteiger partial charge in [-0.05, 0) is 30.9 Å².